The number of amides is 3. The summed E-state index contributed by atoms with van der Waals surface area (Å²) in [6.45, 7) is 0.637. The fourth-order valence-electron chi connectivity index (χ4n) is 4.19. The van der Waals surface area contributed by atoms with Crippen LogP contribution in [0, 0.1) is 23.2 Å². The van der Waals surface area contributed by atoms with Crippen LogP contribution in [0.3, 0.4) is 0 Å². The van der Waals surface area contributed by atoms with Crippen molar-refractivity contribution < 1.29 is 14.4 Å². The molecule has 1 aromatic carbocycles. The first-order chi connectivity index (χ1) is 15.9. The van der Waals surface area contributed by atoms with Crippen molar-refractivity contribution in [2.45, 2.75) is 50.6 Å². The first-order valence-electron chi connectivity index (χ1n) is 11.1. The van der Waals surface area contributed by atoms with Crippen LogP contribution in [0.4, 0.5) is 0 Å². The summed E-state index contributed by atoms with van der Waals surface area (Å²) in [4.78, 5) is 41.0. The molecule has 0 spiro atoms. The van der Waals surface area contributed by atoms with E-state index in [1.165, 1.54) is 0 Å². The molecule has 1 aromatic heterocycles. The molecule has 8 nitrogen and oxygen atoms in total. The average Bonchev–Trinajstić information content (AvgIpc) is 3.49. The molecule has 2 aromatic rings. The molecule has 2 fully saturated rings. The van der Waals surface area contributed by atoms with Gasteiger partial charge in [-0.2, -0.15) is 5.26 Å². The molecule has 1 saturated heterocycles. The highest BCUT2D eigenvalue weighted by atomic mass is 35.5. The summed E-state index contributed by atoms with van der Waals surface area (Å²) in [6, 6.07) is 5.37. The molecule has 1 aliphatic carbocycles. The lowest BCUT2D eigenvalue weighted by atomic mass is 9.92. The molecule has 1 aliphatic heterocycles. The van der Waals surface area contributed by atoms with Crippen molar-refractivity contribution in [3.05, 3.63) is 33.9 Å². The van der Waals surface area contributed by atoms with Crippen molar-refractivity contribution in [1.29, 1.82) is 5.26 Å². The maximum absolute atomic E-state index is 13.0. The third-order valence-electron chi connectivity index (χ3n) is 6.21. The standard InChI is InChI=1S/C23H25Cl2N5O3/c24-16-5-6-17(25)20-15(16)10-19(29-20)23(33)30-18(8-12-3-4-12)22(32)28-14(11-26)9-13-2-1-7-27-21(13)31/h5-6,10,12-14,18,29H,1-4,7-9H2,(H,27,31)(H,28,32)(H,30,33)/t13-,14-,18-/m0/s1. The molecule has 3 atom stereocenters. The molecule has 3 amide bonds. The number of nitrogens with zero attached hydrogens (tertiary/aromatic N) is 1. The number of fused-ring (bicyclic) bond motifs is 1. The van der Waals surface area contributed by atoms with E-state index in [0.717, 1.165) is 19.3 Å². The Morgan fingerprint density at radius 1 is 1.15 bits per heavy atom. The summed E-state index contributed by atoms with van der Waals surface area (Å²) in [6.07, 6.45) is 4.27. The van der Waals surface area contributed by atoms with Gasteiger partial charge in [0.15, 0.2) is 0 Å². The summed E-state index contributed by atoms with van der Waals surface area (Å²) >= 11 is 12.4. The summed E-state index contributed by atoms with van der Waals surface area (Å²) < 4.78 is 0. The molecule has 4 rings (SSSR count). The van der Waals surface area contributed by atoms with Crippen LogP contribution in [-0.4, -0.2) is 41.3 Å². The number of halogens is 2. The Kier molecular flexibility index (Phi) is 7.11. The number of hydrogen-bond acceptors (Lipinski definition) is 4. The smallest absolute Gasteiger partial charge is 0.268 e. The van der Waals surface area contributed by atoms with E-state index in [-0.39, 0.29) is 23.9 Å². The Hall–Kier alpha value is -2.76. The van der Waals surface area contributed by atoms with Gasteiger partial charge in [0.2, 0.25) is 11.8 Å². The molecule has 174 valence electrons. The minimum atomic E-state index is -0.810. The first kappa shape index (κ1) is 23.4. The number of hydrogen-bond donors (Lipinski definition) is 4. The predicted molar refractivity (Wildman–Crippen MR) is 125 cm³/mol. The van der Waals surface area contributed by atoms with Gasteiger partial charge in [0.25, 0.3) is 5.91 Å². The molecule has 33 heavy (non-hydrogen) atoms. The van der Waals surface area contributed by atoms with Gasteiger partial charge in [0.05, 0.1) is 21.6 Å². The summed E-state index contributed by atoms with van der Waals surface area (Å²) in [7, 11) is 0. The van der Waals surface area contributed by atoms with Gasteiger partial charge in [0, 0.05) is 17.8 Å². The number of carbonyl (C=O) groups excluding carboxylic acids is 3. The van der Waals surface area contributed by atoms with Crippen LogP contribution in [-0.2, 0) is 9.59 Å². The summed E-state index contributed by atoms with van der Waals surface area (Å²) in [5, 5.41) is 19.4. The highest BCUT2D eigenvalue weighted by molar-refractivity contribution is 6.40. The molecule has 0 unspecified atom stereocenters. The van der Waals surface area contributed by atoms with Crippen LogP contribution in [0.2, 0.25) is 10.0 Å². The molecule has 2 heterocycles. The normalized spacial score (nSPS) is 19.9. The Bertz CT molecular complexity index is 1080. The SMILES string of the molecule is N#C[C@H](C[C@@H]1CCCNC1=O)NC(=O)[C@H](CC1CC1)NC(=O)c1cc2c(Cl)ccc(Cl)c2[nH]1. The zero-order chi connectivity index (χ0) is 23.5. The zero-order valence-electron chi connectivity index (χ0n) is 17.9. The number of aromatic nitrogens is 1. The van der Waals surface area contributed by atoms with Crippen molar-refractivity contribution in [1.82, 2.24) is 20.9 Å². The van der Waals surface area contributed by atoms with E-state index >= 15 is 0 Å². The van der Waals surface area contributed by atoms with Gasteiger partial charge in [-0.15, -0.1) is 0 Å². The van der Waals surface area contributed by atoms with E-state index < -0.39 is 23.9 Å². The van der Waals surface area contributed by atoms with Gasteiger partial charge < -0.3 is 20.9 Å². The van der Waals surface area contributed by atoms with Crippen LogP contribution in [0.15, 0.2) is 18.2 Å². The van der Waals surface area contributed by atoms with E-state index in [1.54, 1.807) is 18.2 Å². The van der Waals surface area contributed by atoms with Crippen molar-refractivity contribution in [2.24, 2.45) is 11.8 Å². The van der Waals surface area contributed by atoms with Crippen LogP contribution in [0.1, 0.15) is 49.0 Å². The van der Waals surface area contributed by atoms with Gasteiger partial charge >= 0.3 is 0 Å². The zero-order valence-corrected chi connectivity index (χ0v) is 19.4. The van der Waals surface area contributed by atoms with Crippen LogP contribution in [0.25, 0.3) is 10.9 Å². The number of aromatic amines is 1. The maximum Gasteiger partial charge on any atom is 0.268 e. The monoisotopic (exact) mass is 489 g/mol. The Morgan fingerprint density at radius 2 is 1.91 bits per heavy atom. The molecule has 0 radical (unpaired) electrons. The molecule has 1 saturated carbocycles. The molecular weight excluding hydrogens is 465 g/mol. The predicted octanol–water partition coefficient (Wildman–Crippen LogP) is 3.30. The van der Waals surface area contributed by atoms with E-state index in [0.29, 0.717) is 46.3 Å². The van der Waals surface area contributed by atoms with E-state index in [2.05, 4.69) is 27.0 Å². The number of nitriles is 1. The van der Waals surface area contributed by atoms with Crippen molar-refractivity contribution in [3.8, 4) is 6.07 Å². The number of piperidine rings is 1. The van der Waals surface area contributed by atoms with Crippen molar-refractivity contribution >= 4 is 51.8 Å². The molecule has 0 bridgehead atoms. The quantitative estimate of drug-likeness (QED) is 0.453. The number of rotatable bonds is 8. The Morgan fingerprint density at radius 3 is 2.58 bits per heavy atom. The Balaban J connectivity index is 1.45. The minimum Gasteiger partial charge on any atom is -0.356 e. The van der Waals surface area contributed by atoms with E-state index in [4.69, 9.17) is 23.2 Å². The fraction of sp³-hybridized carbons (Fsp3) is 0.478. The van der Waals surface area contributed by atoms with E-state index in [1.807, 2.05) is 0 Å². The van der Waals surface area contributed by atoms with Crippen LogP contribution in [0.5, 0.6) is 0 Å². The summed E-state index contributed by atoms with van der Waals surface area (Å²) in [5.41, 5.74) is 0.789. The average molecular weight is 490 g/mol. The van der Waals surface area contributed by atoms with Crippen LogP contribution >= 0.6 is 23.2 Å². The van der Waals surface area contributed by atoms with Crippen LogP contribution < -0.4 is 16.0 Å². The third kappa shape index (κ3) is 5.60. The second kappa shape index (κ2) is 10.0. The lowest BCUT2D eigenvalue weighted by Gasteiger charge is -2.25. The molecule has 4 N–H and O–H groups in total. The van der Waals surface area contributed by atoms with Gasteiger partial charge in [0.1, 0.15) is 17.8 Å². The largest absolute Gasteiger partial charge is 0.356 e. The second-order valence-electron chi connectivity index (χ2n) is 8.76. The second-order valence-corrected chi connectivity index (χ2v) is 9.58. The summed E-state index contributed by atoms with van der Waals surface area (Å²) in [5.74, 6) is -0.919. The molecular formula is C23H25Cl2N5O3. The molecule has 10 heteroatoms. The fourth-order valence-corrected chi connectivity index (χ4v) is 4.61. The van der Waals surface area contributed by atoms with Gasteiger partial charge in [-0.25, -0.2) is 0 Å². The molecule has 2 aliphatic rings. The van der Waals surface area contributed by atoms with Gasteiger partial charge in [-0.05, 0) is 49.8 Å². The highest BCUT2D eigenvalue weighted by Crippen LogP contribution is 2.34. The number of carbonyl (C=O) groups is 3. The number of benzene rings is 1. The van der Waals surface area contributed by atoms with Crippen molar-refractivity contribution in [3.63, 3.8) is 0 Å². The number of nitrogens with one attached hydrogen (secondary N) is 4. The number of H-pyrrole nitrogens is 1. The highest BCUT2D eigenvalue weighted by Gasteiger charge is 2.33. The van der Waals surface area contributed by atoms with Gasteiger partial charge in [-0.3, -0.25) is 14.4 Å². The third-order valence-corrected chi connectivity index (χ3v) is 6.86. The lowest BCUT2D eigenvalue weighted by Crippen LogP contribution is -2.50. The first-order valence-corrected chi connectivity index (χ1v) is 11.9. The minimum absolute atomic E-state index is 0.0882. The van der Waals surface area contributed by atoms with Crippen molar-refractivity contribution in [2.75, 3.05) is 6.54 Å². The maximum atomic E-state index is 13.0. The lowest BCUT2D eigenvalue weighted by molar-refractivity contribution is -0.128. The van der Waals surface area contributed by atoms with Gasteiger partial charge in [-0.1, -0.05) is 36.0 Å². The van der Waals surface area contributed by atoms with E-state index in [9.17, 15) is 19.6 Å². The topological polar surface area (TPSA) is 127 Å². The Labute approximate surface area is 201 Å².